The molecule has 0 radical (unpaired) electrons. The first kappa shape index (κ1) is 13.4. The summed E-state index contributed by atoms with van der Waals surface area (Å²) in [5.41, 5.74) is 0.542. The van der Waals surface area contributed by atoms with Crippen LogP contribution in [-0.2, 0) is 4.74 Å². The molecule has 2 atom stereocenters. The van der Waals surface area contributed by atoms with E-state index in [1.807, 2.05) is 0 Å². The van der Waals surface area contributed by atoms with E-state index >= 15 is 0 Å². The molecule has 0 bridgehead atoms. The lowest BCUT2D eigenvalue weighted by atomic mass is 9.92. The summed E-state index contributed by atoms with van der Waals surface area (Å²) in [5.74, 6) is -0.750. The second kappa shape index (κ2) is 6.25. The van der Waals surface area contributed by atoms with Gasteiger partial charge in [0, 0.05) is 30.2 Å². The molecule has 2 unspecified atom stereocenters. The second-order valence-electron chi connectivity index (χ2n) is 4.72. The molecule has 2 rings (SSSR count). The fourth-order valence-corrected chi connectivity index (χ4v) is 2.40. The summed E-state index contributed by atoms with van der Waals surface area (Å²) in [7, 11) is 0. The van der Waals surface area contributed by atoms with Crippen LogP contribution in [0.5, 0.6) is 0 Å². The SMILES string of the molecule is CCCNC(c1ccc(F)cc1F)C1CCOC1. The Kier molecular flexibility index (Phi) is 4.66. The Labute approximate surface area is 106 Å². The molecule has 2 nitrogen and oxygen atoms in total. The van der Waals surface area contributed by atoms with Gasteiger partial charge in [-0.15, -0.1) is 0 Å². The maximum absolute atomic E-state index is 13.9. The average Bonchev–Trinajstić information content (AvgIpc) is 2.85. The monoisotopic (exact) mass is 255 g/mol. The molecular weight excluding hydrogens is 236 g/mol. The van der Waals surface area contributed by atoms with E-state index in [4.69, 9.17) is 4.74 Å². The van der Waals surface area contributed by atoms with Gasteiger partial charge in [-0.05, 0) is 25.5 Å². The third-order valence-electron chi connectivity index (χ3n) is 3.35. The molecule has 1 aliphatic rings. The van der Waals surface area contributed by atoms with Crippen molar-refractivity contribution in [2.24, 2.45) is 5.92 Å². The number of nitrogens with one attached hydrogen (secondary N) is 1. The van der Waals surface area contributed by atoms with Gasteiger partial charge in [-0.1, -0.05) is 13.0 Å². The summed E-state index contributed by atoms with van der Waals surface area (Å²) in [5, 5.41) is 3.35. The molecule has 1 aromatic carbocycles. The molecule has 1 saturated heterocycles. The van der Waals surface area contributed by atoms with Crippen molar-refractivity contribution in [1.29, 1.82) is 0 Å². The summed E-state index contributed by atoms with van der Waals surface area (Å²) in [6.45, 7) is 4.24. The second-order valence-corrected chi connectivity index (χ2v) is 4.72. The first-order valence-electron chi connectivity index (χ1n) is 6.48. The van der Waals surface area contributed by atoms with Crippen LogP contribution in [0.4, 0.5) is 8.78 Å². The van der Waals surface area contributed by atoms with Gasteiger partial charge in [0.1, 0.15) is 11.6 Å². The topological polar surface area (TPSA) is 21.3 Å². The summed E-state index contributed by atoms with van der Waals surface area (Å²) in [6, 6.07) is 3.71. The summed E-state index contributed by atoms with van der Waals surface area (Å²) in [6.07, 6.45) is 1.89. The molecule has 1 aliphatic heterocycles. The lowest BCUT2D eigenvalue weighted by molar-refractivity contribution is 0.176. The number of hydrogen-bond donors (Lipinski definition) is 1. The molecule has 100 valence electrons. The normalized spacial score (nSPS) is 21.2. The van der Waals surface area contributed by atoms with Crippen molar-refractivity contribution in [2.45, 2.75) is 25.8 Å². The third-order valence-corrected chi connectivity index (χ3v) is 3.35. The van der Waals surface area contributed by atoms with Crippen LogP contribution in [0.25, 0.3) is 0 Å². The van der Waals surface area contributed by atoms with Crippen molar-refractivity contribution in [2.75, 3.05) is 19.8 Å². The predicted octanol–water partition coefficient (Wildman–Crippen LogP) is 3.04. The Bertz CT molecular complexity index is 391. The average molecular weight is 255 g/mol. The van der Waals surface area contributed by atoms with E-state index in [0.29, 0.717) is 12.2 Å². The van der Waals surface area contributed by atoms with Gasteiger partial charge in [0.05, 0.1) is 6.61 Å². The Morgan fingerprint density at radius 1 is 1.44 bits per heavy atom. The van der Waals surface area contributed by atoms with Crippen molar-refractivity contribution in [3.05, 3.63) is 35.4 Å². The number of hydrogen-bond acceptors (Lipinski definition) is 2. The van der Waals surface area contributed by atoms with E-state index in [0.717, 1.165) is 32.1 Å². The number of ether oxygens (including phenoxy) is 1. The largest absolute Gasteiger partial charge is 0.381 e. The zero-order valence-corrected chi connectivity index (χ0v) is 10.6. The Morgan fingerprint density at radius 3 is 2.89 bits per heavy atom. The standard InChI is InChI=1S/C14H19F2NO/c1-2-6-17-14(10-5-7-18-9-10)12-4-3-11(15)8-13(12)16/h3-4,8,10,14,17H,2,5-7,9H2,1H3. The number of rotatable bonds is 5. The van der Waals surface area contributed by atoms with Gasteiger partial charge < -0.3 is 10.1 Å². The molecule has 1 N–H and O–H groups in total. The minimum absolute atomic E-state index is 0.0898. The van der Waals surface area contributed by atoms with Gasteiger partial charge in [0.25, 0.3) is 0 Å². The molecule has 0 aromatic heterocycles. The Morgan fingerprint density at radius 2 is 2.28 bits per heavy atom. The minimum Gasteiger partial charge on any atom is -0.381 e. The fraction of sp³-hybridized carbons (Fsp3) is 0.571. The first-order valence-corrected chi connectivity index (χ1v) is 6.48. The molecular formula is C14H19F2NO. The Hall–Kier alpha value is -1.00. The highest BCUT2D eigenvalue weighted by Crippen LogP contribution is 2.30. The smallest absolute Gasteiger partial charge is 0.130 e. The van der Waals surface area contributed by atoms with Gasteiger partial charge in [0.2, 0.25) is 0 Å². The van der Waals surface area contributed by atoms with Crippen molar-refractivity contribution in [3.8, 4) is 0 Å². The maximum Gasteiger partial charge on any atom is 0.130 e. The van der Waals surface area contributed by atoms with Gasteiger partial charge in [-0.3, -0.25) is 0 Å². The quantitative estimate of drug-likeness (QED) is 0.873. The molecule has 4 heteroatoms. The van der Waals surface area contributed by atoms with Crippen molar-refractivity contribution >= 4 is 0 Å². The lowest BCUT2D eigenvalue weighted by Crippen LogP contribution is -2.30. The number of benzene rings is 1. The van der Waals surface area contributed by atoms with Crippen LogP contribution in [0.3, 0.4) is 0 Å². The minimum atomic E-state index is -0.534. The highest BCUT2D eigenvalue weighted by atomic mass is 19.1. The van der Waals surface area contributed by atoms with Crippen LogP contribution < -0.4 is 5.32 Å². The number of halogens is 2. The Balaban J connectivity index is 2.20. The van der Waals surface area contributed by atoms with Gasteiger partial charge >= 0.3 is 0 Å². The molecule has 0 saturated carbocycles. The summed E-state index contributed by atoms with van der Waals surface area (Å²) in [4.78, 5) is 0. The van der Waals surface area contributed by atoms with E-state index < -0.39 is 11.6 Å². The van der Waals surface area contributed by atoms with Crippen molar-refractivity contribution < 1.29 is 13.5 Å². The maximum atomic E-state index is 13.9. The van der Waals surface area contributed by atoms with Crippen molar-refractivity contribution in [1.82, 2.24) is 5.32 Å². The predicted molar refractivity (Wildman–Crippen MR) is 66.3 cm³/mol. The third kappa shape index (κ3) is 3.06. The van der Waals surface area contributed by atoms with Crippen molar-refractivity contribution in [3.63, 3.8) is 0 Å². The highest BCUT2D eigenvalue weighted by molar-refractivity contribution is 5.23. The van der Waals surface area contributed by atoms with Crippen LogP contribution in [-0.4, -0.2) is 19.8 Å². The van der Waals surface area contributed by atoms with Crippen LogP contribution in [0.2, 0.25) is 0 Å². The van der Waals surface area contributed by atoms with E-state index in [1.54, 1.807) is 0 Å². The summed E-state index contributed by atoms with van der Waals surface area (Å²) < 4.78 is 32.2. The molecule has 0 amide bonds. The fourth-order valence-electron chi connectivity index (χ4n) is 2.40. The molecule has 1 fully saturated rings. The van der Waals surface area contributed by atoms with E-state index in [1.165, 1.54) is 12.1 Å². The van der Waals surface area contributed by atoms with E-state index in [2.05, 4.69) is 12.2 Å². The zero-order valence-electron chi connectivity index (χ0n) is 10.6. The molecule has 1 aromatic rings. The molecule has 1 heterocycles. The van der Waals surface area contributed by atoms with Crippen LogP contribution in [0.1, 0.15) is 31.4 Å². The first-order chi connectivity index (χ1) is 8.72. The molecule has 18 heavy (non-hydrogen) atoms. The van der Waals surface area contributed by atoms with Crippen LogP contribution in [0.15, 0.2) is 18.2 Å². The van der Waals surface area contributed by atoms with E-state index in [9.17, 15) is 8.78 Å². The highest BCUT2D eigenvalue weighted by Gasteiger charge is 2.28. The molecule has 0 aliphatic carbocycles. The zero-order chi connectivity index (χ0) is 13.0. The lowest BCUT2D eigenvalue weighted by Gasteiger charge is -2.24. The van der Waals surface area contributed by atoms with Gasteiger partial charge in [0.15, 0.2) is 0 Å². The molecule has 0 spiro atoms. The van der Waals surface area contributed by atoms with Crippen LogP contribution in [0, 0.1) is 17.6 Å². The van der Waals surface area contributed by atoms with E-state index in [-0.39, 0.29) is 12.0 Å². The van der Waals surface area contributed by atoms with Crippen LogP contribution >= 0.6 is 0 Å². The van der Waals surface area contributed by atoms with Gasteiger partial charge in [-0.25, -0.2) is 8.78 Å². The van der Waals surface area contributed by atoms with Gasteiger partial charge in [-0.2, -0.15) is 0 Å². The summed E-state index contributed by atoms with van der Waals surface area (Å²) >= 11 is 0.